The van der Waals surface area contributed by atoms with Crippen molar-refractivity contribution >= 4 is 17.9 Å². The summed E-state index contributed by atoms with van der Waals surface area (Å²) in [6, 6.07) is 7.10. The standard InChI is InChI=1S/C16H16N2O2/c1-16(11-7-5-10(6-8-11)15(17)20)9-18-12-3-2-4-13(19)14(12)16/h5-9H,2-4H2,1H3,(H2,17,20). The second kappa shape index (κ2) is 4.40. The molecule has 0 fully saturated rings. The number of Topliss-reactive ketones (excluding diaryl/α,β-unsaturated/α-hetero) is 1. The first-order valence-electron chi connectivity index (χ1n) is 6.75. The molecule has 1 aliphatic carbocycles. The van der Waals surface area contributed by atoms with Crippen LogP contribution in [-0.4, -0.2) is 17.9 Å². The molecule has 3 rings (SSSR count). The van der Waals surface area contributed by atoms with Crippen LogP contribution in [0.5, 0.6) is 0 Å². The molecule has 0 spiro atoms. The summed E-state index contributed by atoms with van der Waals surface area (Å²) in [5.74, 6) is -0.263. The first-order valence-corrected chi connectivity index (χ1v) is 6.75. The Morgan fingerprint density at radius 3 is 2.60 bits per heavy atom. The quantitative estimate of drug-likeness (QED) is 0.892. The van der Waals surface area contributed by atoms with Gasteiger partial charge in [-0.2, -0.15) is 0 Å². The summed E-state index contributed by atoms with van der Waals surface area (Å²) in [5, 5.41) is 0. The van der Waals surface area contributed by atoms with Crippen molar-refractivity contribution in [3.63, 3.8) is 0 Å². The molecule has 0 saturated heterocycles. The number of nitrogens with zero attached hydrogens (tertiary/aromatic N) is 1. The lowest BCUT2D eigenvalue weighted by molar-refractivity contribution is -0.116. The van der Waals surface area contributed by atoms with Crippen LogP contribution in [0.2, 0.25) is 0 Å². The van der Waals surface area contributed by atoms with Crippen molar-refractivity contribution in [2.45, 2.75) is 31.6 Å². The van der Waals surface area contributed by atoms with Crippen LogP contribution >= 0.6 is 0 Å². The molecule has 0 radical (unpaired) electrons. The van der Waals surface area contributed by atoms with Crippen molar-refractivity contribution in [2.24, 2.45) is 10.7 Å². The average molecular weight is 268 g/mol. The molecule has 1 aliphatic heterocycles. The number of carbonyl (C=O) groups is 2. The summed E-state index contributed by atoms with van der Waals surface area (Å²) < 4.78 is 0. The van der Waals surface area contributed by atoms with Crippen molar-refractivity contribution in [1.29, 1.82) is 0 Å². The minimum atomic E-state index is -0.483. The summed E-state index contributed by atoms with van der Waals surface area (Å²) >= 11 is 0. The zero-order valence-electron chi connectivity index (χ0n) is 11.3. The van der Waals surface area contributed by atoms with Gasteiger partial charge in [-0.15, -0.1) is 0 Å². The topological polar surface area (TPSA) is 72.5 Å². The van der Waals surface area contributed by atoms with Crippen molar-refractivity contribution in [1.82, 2.24) is 0 Å². The van der Waals surface area contributed by atoms with Gasteiger partial charge in [0.1, 0.15) is 0 Å². The molecule has 1 heterocycles. The van der Waals surface area contributed by atoms with E-state index in [0.29, 0.717) is 12.0 Å². The van der Waals surface area contributed by atoms with Gasteiger partial charge in [0, 0.05) is 29.5 Å². The number of primary amides is 1. The fraction of sp³-hybridized carbons (Fsp3) is 0.312. The smallest absolute Gasteiger partial charge is 0.248 e. The maximum Gasteiger partial charge on any atom is 0.248 e. The van der Waals surface area contributed by atoms with Gasteiger partial charge < -0.3 is 5.73 Å². The first kappa shape index (κ1) is 12.8. The Hall–Kier alpha value is -2.23. The number of allylic oxidation sites excluding steroid dienone is 2. The number of hydrogen-bond donors (Lipinski definition) is 1. The fourth-order valence-electron chi connectivity index (χ4n) is 3.02. The van der Waals surface area contributed by atoms with E-state index >= 15 is 0 Å². The van der Waals surface area contributed by atoms with Gasteiger partial charge in [0.25, 0.3) is 0 Å². The molecule has 20 heavy (non-hydrogen) atoms. The lowest BCUT2D eigenvalue weighted by atomic mass is 9.73. The van der Waals surface area contributed by atoms with E-state index in [2.05, 4.69) is 4.99 Å². The van der Waals surface area contributed by atoms with Crippen LogP contribution in [0.4, 0.5) is 0 Å². The van der Waals surface area contributed by atoms with E-state index in [1.807, 2.05) is 25.3 Å². The minimum Gasteiger partial charge on any atom is -0.366 e. The average Bonchev–Trinajstić information content (AvgIpc) is 2.79. The Bertz CT molecular complexity index is 656. The van der Waals surface area contributed by atoms with Gasteiger partial charge in [-0.05, 0) is 37.5 Å². The van der Waals surface area contributed by atoms with E-state index in [9.17, 15) is 9.59 Å². The van der Waals surface area contributed by atoms with E-state index in [-0.39, 0.29) is 5.78 Å². The van der Waals surface area contributed by atoms with E-state index in [1.165, 1.54) is 0 Å². The molecule has 102 valence electrons. The zero-order valence-corrected chi connectivity index (χ0v) is 11.3. The highest BCUT2D eigenvalue weighted by Crippen LogP contribution is 2.42. The highest BCUT2D eigenvalue weighted by Gasteiger charge is 2.40. The van der Waals surface area contributed by atoms with Gasteiger partial charge in [-0.25, -0.2) is 0 Å². The molecule has 4 nitrogen and oxygen atoms in total. The molecule has 0 bridgehead atoms. The van der Waals surface area contributed by atoms with E-state index in [4.69, 9.17) is 5.73 Å². The minimum absolute atomic E-state index is 0.185. The normalized spacial score (nSPS) is 24.9. The fourth-order valence-corrected chi connectivity index (χ4v) is 3.02. The van der Waals surface area contributed by atoms with Crippen LogP contribution in [0, 0.1) is 0 Å². The SMILES string of the molecule is CC1(c2ccc(C(N)=O)cc2)C=NC2=C1C(=O)CCC2. The second-order valence-corrected chi connectivity index (χ2v) is 5.50. The lowest BCUT2D eigenvalue weighted by Crippen LogP contribution is -2.30. The number of benzene rings is 1. The Morgan fingerprint density at radius 1 is 1.25 bits per heavy atom. The van der Waals surface area contributed by atoms with Crippen molar-refractivity contribution in [3.8, 4) is 0 Å². The van der Waals surface area contributed by atoms with Crippen molar-refractivity contribution in [3.05, 3.63) is 46.7 Å². The molecular formula is C16H16N2O2. The highest BCUT2D eigenvalue weighted by molar-refractivity contribution is 6.07. The van der Waals surface area contributed by atoms with Gasteiger partial charge in [0.15, 0.2) is 5.78 Å². The zero-order chi connectivity index (χ0) is 14.3. The summed E-state index contributed by atoms with van der Waals surface area (Å²) in [5.41, 5.74) is 7.93. The van der Waals surface area contributed by atoms with Crippen LogP contribution in [0.15, 0.2) is 40.5 Å². The van der Waals surface area contributed by atoms with Crippen LogP contribution in [0.1, 0.15) is 42.1 Å². The third-order valence-corrected chi connectivity index (χ3v) is 4.15. The number of hydrogen-bond acceptors (Lipinski definition) is 3. The second-order valence-electron chi connectivity index (χ2n) is 5.50. The van der Waals surface area contributed by atoms with Gasteiger partial charge in [-0.1, -0.05) is 12.1 Å². The molecule has 1 unspecified atom stereocenters. The highest BCUT2D eigenvalue weighted by atomic mass is 16.1. The monoisotopic (exact) mass is 268 g/mol. The predicted octanol–water partition coefficient (Wildman–Crippen LogP) is 2.13. The third kappa shape index (κ3) is 1.80. The summed E-state index contributed by atoms with van der Waals surface area (Å²) in [6.45, 7) is 2.00. The number of aliphatic imine (C=N–C) groups is 1. The number of carbonyl (C=O) groups excluding carboxylic acids is 2. The van der Waals surface area contributed by atoms with Gasteiger partial charge >= 0.3 is 0 Å². The molecule has 1 atom stereocenters. The maximum atomic E-state index is 12.2. The van der Waals surface area contributed by atoms with Gasteiger partial charge in [0.05, 0.1) is 5.41 Å². The molecule has 2 N–H and O–H groups in total. The molecule has 0 saturated carbocycles. The van der Waals surface area contributed by atoms with E-state index in [0.717, 1.165) is 29.7 Å². The largest absolute Gasteiger partial charge is 0.366 e. The van der Waals surface area contributed by atoms with E-state index < -0.39 is 11.3 Å². The summed E-state index contributed by atoms with van der Waals surface area (Å²) in [6.07, 6.45) is 4.19. The molecule has 1 aromatic rings. The summed E-state index contributed by atoms with van der Waals surface area (Å²) in [4.78, 5) is 27.8. The third-order valence-electron chi connectivity index (χ3n) is 4.15. The van der Waals surface area contributed by atoms with E-state index in [1.54, 1.807) is 12.1 Å². The predicted molar refractivity (Wildman–Crippen MR) is 76.7 cm³/mol. The molecule has 4 heteroatoms. The maximum absolute atomic E-state index is 12.2. The molecule has 1 aromatic carbocycles. The number of ketones is 1. The van der Waals surface area contributed by atoms with Crippen LogP contribution in [-0.2, 0) is 10.2 Å². The molecule has 2 aliphatic rings. The molecule has 0 aromatic heterocycles. The molecule has 1 amide bonds. The Kier molecular flexibility index (Phi) is 2.82. The van der Waals surface area contributed by atoms with Crippen LogP contribution < -0.4 is 5.73 Å². The molecular weight excluding hydrogens is 252 g/mol. The number of rotatable bonds is 2. The number of nitrogens with two attached hydrogens (primary N) is 1. The Balaban J connectivity index is 2.05. The summed E-state index contributed by atoms with van der Waals surface area (Å²) in [7, 11) is 0. The van der Waals surface area contributed by atoms with Crippen molar-refractivity contribution in [2.75, 3.05) is 0 Å². The van der Waals surface area contributed by atoms with Gasteiger partial charge in [-0.3, -0.25) is 14.6 Å². The Labute approximate surface area is 117 Å². The first-order chi connectivity index (χ1) is 9.52. The van der Waals surface area contributed by atoms with Crippen LogP contribution in [0.3, 0.4) is 0 Å². The lowest BCUT2D eigenvalue weighted by Gasteiger charge is -2.27. The van der Waals surface area contributed by atoms with Crippen LogP contribution in [0.25, 0.3) is 0 Å². The number of amides is 1. The van der Waals surface area contributed by atoms with Gasteiger partial charge in [0.2, 0.25) is 5.91 Å². The Morgan fingerprint density at radius 2 is 1.95 bits per heavy atom. The van der Waals surface area contributed by atoms with Crippen molar-refractivity contribution < 1.29 is 9.59 Å².